The highest BCUT2D eigenvalue weighted by Gasteiger charge is 2.32. The molecule has 0 spiro atoms. The number of aliphatic hydroxyl groups excluding tert-OH is 1. The van der Waals surface area contributed by atoms with Gasteiger partial charge in [-0.3, -0.25) is 14.5 Å². The fourth-order valence-corrected chi connectivity index (χ4v) is 3.32. The maximum atomic E-state index is 12.6. The number of alkyl halides is 3. The number of carbonyl (C=O) groups is 1. The van der Waals surface area contributed by atoms with Gasteiger partial charge in [-0.05, 0) is 25.0 Å². The van der Waals surface area contributed by atoms with Crippen LogP contribution in [0.5, 0.6) is 0 Å². The summed E-state index contributed by atoms with van der Waals surface area (Å²) in [6.07, 6.45) is 0.352. The highest BCUT2D eigenvalue weighted by atomic mass is 19.4. The van der Waals surface area contributed by atoms with Crippen molar-refractivity contribution in [1.29, 1.82) is 0 Å². The second kappa shape index (κ2) is 9.02. The first-order valence-electron chi connectivity index (χ1n) is 10.1. The van der Waals surface area contributed by atoms with Crippen LogP contribution in [0.1, 0.15) is 28.9 Å². The number of aromatic nitrogens is 5. The van der Waals surface area contributed by atoms with Gasteiger partial charge < -0.3 is 21.1 Å². The Kier molecular flexibility index (Phi) is 6.14. The van der Waals surface area contributed by atoms with E-state index < -0.39 is 17.9 Å². The molecule has 0 saturated carbocycles. The molecule has 0 fully saturated rings. The lowest BCUT2D eigenvalue weighted by Crippen LogP contribution is -2.40. The van der Waals surface area contributed by atoms with Crippen molar-refractivity contribution in [3.8, 4) is 0 Å². The number of amides is 1. The van der Waals surface area contributed by atoms with E-state index in [4.69, 9.17) is 5.11 Å². The molecule has 1 aliphatic heterocycles. The first-order chi connectivity index (χ1) is 15.7. The summed E-state index contributed by atoms with van der Waals surface area (Å²) in [6, 6.07) is 1.73. The summed E-state index contributed by atoms with van der Waals surface area (Å²) < 4.78 is 39.5. The molecular formula is C20H21F3N8O2. The molecule has 4 rings (SSSR count). The van der Waals surface area contributed by atoms with E-state index in [1.165, 1.54) is 12.3 Å². The van der Waals surface area contributed by atoms with Crippen molar-refractivity contribution < 1.29 is 23.1 Å². The predicted molar refractivity (Wildman–Crippen MR) is 112 cm³/mol. The standard InChI is InChI=1S/C20H21F3N8O2/c1-11-16-17(28-14(4-5-32)18(33)29-16)30-19(27-11)25-7-13-8-26-31(10-13)9-12-2-3-15(24-6-12)20(21,22)23/h2-3,6,8,10,14,32H,4-5,7,9H2,1H3,(H,29,33)(H2,25,27,28,30)/t14-/m0/s1. The topological polar surface area (TPSA) is 130 Å². The van der Waals surface area contributed by atoms with Gasteiger partial charge >= 0.3 is 6.18 Å². The Morgan fingerprint density at radius 3 is 2.73 bits per heavy atom. The van der Waals surface area contributed by atoms with Gasteiger partial charge in [0.25, 0.3) is 0 Å². The molecule has 0 aromatic carbocycles. The largest absolute Gasteiger partial charge is 0.433 e. The number of carbonyl (C=O) groups excluding carboxylic acids is 1. The first kappa shape index (κ1) is 22.5. The van der Waals surface area contributed by atoms with Crippen LogP contribution in [-0.4, -0.2) is 48.4 Å². The number of fused-ring (bicyclic) bond motifs is 1. The molecule has 4 N–H and O–H groups in total. The van der Waals surface area contributed by atoms with Crippen LogP contribution in [0.2, 0.25) is 0 Å². The van der Waals surface area contributed by atoms with Crippen LogP contribution < -0.4 is 16.0 Å². The monoisotopic (exact) mass is 462 g/mol. The van der Waals surface area contributed by atoms with Crippen molar-refractivity contribution in [2.75, 3.05) is 22.6 Å². The zero-order valence-corrected chi connectivity index (χ0v) is 17.5. The molecular weight excluding hydrogens is 441 g/mol. The van der Waals surface area contributed by atoms with E-state index >= 15 is 0 Å². The Balaban J connectivity index is 1.39. The third-order valence-corrected chi connectivity index (χ3v) is 4.98. The Labute approximate surface area is 186 Å². The van der Waals surface area contributed by atoms with Gasteiger partial charge in [0.2, 0.25) is 11.9 Å². The maximum absolute atomic E-state index is 12.6. The van der Waals surface area contributed by atoms with Crippen LogP contribution in [0.25, 0.3) is 0 Å². The highest BCUT2D eigenvalue weighted by Crippen LogP contribution is 2.29. The number of rotatable bonds is 7. The minimum Gasteiger partial charge on any atom is -0.396 e. The van der Waals surface area contributed by atoms with E-state index in [1.807, 2.05) is 0 Å². The number of hydrogen-bond acceptors (Lipinski definition) is 8. The number of aryl methyl sites for hydroxylation is 1. The second-order valence-electron chi connectivity index (χ2n) is 7.50. The third-order valence-electron chi connectivity index (χ3n) is 4.98. The maximum Gasteiger partial charge on any atom is 0.433 e. The van der Waals surface area contributed by atoms with E-state index in [9.17, 15) is 18.0 Å². The lowest BCUT2D eigenvalue weighted by atomic mass is 10.1. The van der Waals surface area contributed by atoms with Gasteiger partial charge in [-0.15, -0.1) is 0 Å². The molecule has 10 nitrogen and oxygen atoms in total. The molecule has 1 atom stereocenters. The number of aliphatic hydroxyl groups is 1. The molecule has 0 aliphatic carbocycles. The molecule has 0 unspecified atom stereocenters. The lowest BCUT2D eigenvalue weighted by Gasteiger charge is -2.26. The van der Waals surface area contributed by atoms with E-state index in [1.54, 1.807) is 24.0 Å². The molecule has 33 heavy (non-hydrogen) atoms. The Bertz CT molecular complexity index is 1150. The number of pyridine rings is 1. The van der Waals surface area contributed by atoms with Gasteiger partial charge in [-0.1, -0.05) is 6.07 Å². The second-order valence-corrected chi connectivity index (χ2v) is 7.50. The van der Waals surface area contributed by atoms with Crippen molar-refractivity contribution in [1.82, 2.24) is 24.7 Å². The summed E-state index contributed by atoms with van der Waals surface area (Å²) >= 11 is 0. The van der Waals surface area contributed by atoms with E-state index in [2.05, 4.69) is 36.0 Å². The van der Waals surface area contributed by atoms with Crippen LogP contribution in [0.4, 0.5) is 30.6 Å². The average molecular weight is 462 g/mol. The van der Waals surface area contributed by atoms with Gasteiger partial charge in [0.05, 0.1) is 18.4 Å². The minimum atomic E-state index is -4.47. The van der Waals surface area contributed by atoms with Crippen molar-refractivity contribution in [2.45, 2.75) is 38.7 Å². The molecule has 13 heteroatoms. The van der Waals surface area contributed by atoms with E-state index in [-0.39, 0.29) is 25.5 Å². The fraction of sp³-hybridized carbons (Fsp3) is 0.350. The van der Waals surface area contributed by atoms with Crippen molar-refractivity contribution >= 4 is 23.4 Å². The van der Waals surface area contributed by atoms with Gasteiger partial charge in [-0.2, -0.15) is 23.3 Å². The normalized spacial score (nSPS) is 15.5. The zero-order valence-electron chi connectivity index (χ0n) is 17.5. The molecule has 4 heterocycles. The van der Waals surface area contributed by atoms with Crippen molar-refractivity contribution in [3.63, 3.8) is 0 Å². The summed E-state index contributed by atoms with van der Waals surface area (Å²) in [5.41, 5.74) is 1.54. The Morgan fingerprint density at radius 1 is 1.21 bits per heavy atom. The molecule has 3 aromatic heterocycles. The zero-order chi connectivity index (χ0) is 23.6. The van der Waals surface area contributed by atoms with Gasteiger partial charge in [0.1, 0.15) is 17.4 Å². The van der Waals surface area contributed by atoms with Crippen molar-refractivity contribution in [2.24, 2.45) is 0 Å². The van der Waals surface area contributed by atoms with Crippen LogP contribution in [0.15, 0.2) is 30.7 Å². The molecule has 1 amide bonds. The summed E-state index contributed by atoms with van der Waals surface area (Å²) in [7, 11) is 0. The molecule has 0 radical (unpaired) electrons. The van der Waals surface area contributed by atoms with Gasteiger partial charge in [-0.25, -0.2) is 4.98 Å². The summed E-state index contributed by atoms with van der Waals surface area (Å²) in [5, 5.41) is 22.2. The van der Waals surface area contributed by atoms with Crippen LogP contribution in [0.3, 0.4) is 0 Å². The summed E-state index contributed by atoms with van der Waals surface area (Å²) in [5.74, 6) is 0.561. The predicted octanol–water partition coefficient (Wildman–Crippen LogP) is 2.17. The summed E-state index contributed by atoms with van der Waals surface area (Å²) in [6.45, 7) is 2.24. The number of nitrogens with zero attached hydrogens (tertiary/aromatic N) is 5. The Morgan fingerprint density at radius 2 is 2.03 bits per heavy atom. The summed E-state index contributed by atoms with van der Waals surface area (Å²) in [4.78, 5) is 24.3. The first-order valence-corrected chi connectivity index (χ1v) is 10.1. The van der Waals surface area contributed by atoms with Crippen LogP contribution >= 0.6 is 0 Å². The number of nitrogens with one attached hydrogen (secondary N) is 3. The van der Waals surface area contributed by atoms with Gasteiger partial charge in [0.15, 0.2) is 5.82 Å². The smallest absolute Gasteiger partial charge is 0.396 e. The minimum absolute atomic E-state index is 0.137. The third kappa shape index (κ3) is 5.19. The SMILES string of the molecule is Cc1nc(NCc2cnn(Cc3ccc(C(F)(F)F)nc3)c2)nc2c1NC(=O)[C@H](CCO)N2. The molecule has 0 saturated heterocycles. The molecule has 1 aliphatic rings. The number of anilines is 3. The number of halogens is 3. The molecule has 174 valence electrons. The van der Waals surface area contributed by atoms with Crippen molar-refractivity contribution in [3.05, 3.63) is 53.2 Å². The van der Waals surface area contributed by atoms with Gasteiger partial charge in [0, 0.05) is 31.1 Å². The fourth-order valence-electron chi connectivity index (χ4n) is 3.32. The van der Waals surface area contributed by atoms with E-state index in [0.29, 0.717) is 35.3 Å². The molecule has 0 bridgehead atoms. The average Bonchev–Trinajstić information content (AvgIpc) is 3.21. The Hall–Kier alpha value is -3.74. The van der Waals surface area contributed by atoms with Crippen LogP contribution in [-0.2, 0) is 24.1 Å². The van der Waals surface area contributed by atoms with E-state index in [0.717, 1.165) is 11.6 Å². The number of hydrogen-bond donors (Lipinski definition) is 4. The quantitative estimate of drug-likeness (QED) is 0.420. The lowest BCUT2D eigenvalue weighted by molar-refractivity contribution is -0.141. The van der Waals surface area contributed by atoms with Crippen LogP contribution in [0, 0.1) is 6.92 Å². The molecule has 3 aromatic rings. The highest BCUT2D eigenvalue weighted by molar-refractivity contribution is 6.02.